The van der Waals surface area contributed by atoms with Crippen molar-refractivity contribution in [2.45, 2.75) is 285 Å². The Morgan fingerprint density at radius 2 is 0.420 bits per heavy atom. The summed E-state index contributed by atoms with van der Waals surface area (Å²) in [4.78, 5) is 38.0. The van der Waals surface area contributed by atoms with Gasteiger partial charge in [0, 0.05) is 61.3 Å². The monoisotopic (exact) mass is 1420 g/mol. The first kappa shape index (κ1) is 78.4. The van der Waals surface area contributed by atoms with E-state index in [0.717, 1.165) is 90.4 Å². The van der Waals surface area contributed by atoms with Gasteiger partial charge in [-0.05, 0) is 157 Å². The third-order valence-corrected chi connectivity index (χ3v) is 24.9. The summed E-state index contributed by atoms with van der Waals surface area (Å²) in [6, 6.07) is 42.0. The second-order valence-electron chi connectivity index (χ2n) is 28.3. The first-order chi connectivity index (χ1) is 49.3. The average Bonchev–Trinajstić information content (AvgIpc) is 0.759. The maximum atomic E-state index is 14.4. The van der Waals surface area contributed by atoms with Crippen molar-refractivity contribution in [2.75, 3.05) is 26.4 Å². The van der Waals surface area contributed by atoms with E-state index >= 15 is 0 Å². The molecule has 0 atom stereocenters. The van der Waals surface area contributed by atoms with E-state index < -0.39 is 0 Å². The number of thiophene rings is 4. The number of fused-ring (bicyclic) bond motifs is 2. The molecule has 1 aliphatic carbocycles. The molecular weight excluding hydrogens is 1310 g/mol. The molecule has 0 amide bonds. The predicted octanol–water partition coefficient (Wildman–Crippen LogP) is 29.9. The highest BCUT2D eigenvalue weighted by Gasteiger charge is 2.31. The molecule has 0 spiro atoms. The van der Waals surface area contributed by atoms with E-state index in [-0.39, 0.29) is 11.6 Å². The van der Waals surface area contributed by atoms with Crippen LogP contribution in [0.5, 0.6) is 23.0 Å². The number of hydrogen-bond donors (Lipinski definition) is 0. The topological polar surface area (TPSA) is 71.1 Å². The molecule has 100 heavy (non-hydrogen) atoms. The van der Waals surface area contributed by atoms with Crippen LogP contribution in [0.2, 0.25) is 0 Å². The summed E-state index contributed by atoms with van der Waals surface area (Å²) in [5.74, 6) is 3.14. The zero-order chi connectivity index (χ0) is 69.6. The largest absolute Gasteiger partial charge is 0.490 e. The Bertz CT molecular complexity index is 3400. The highest BCUT2D eigenvalue weighted by molar-refractivity contribution is 7.25. The van der Waals surface area contributed by atoms with Crippen LogP contribution >= 0.6 is 45.3 Å². The van der Waals surface area contributed by atoms with Crippen LogP contribution < -0.4 is 18.9 Å². The van der Waals surface area contributed by atoms with Crippen molar-refractivity contribution < 1.29 is 28.5 Å². The Kier molecular flexibility index (Phi) is 35.5. The lowest BCUT2D eigenvalue weighted by atomic mass is 9.82. The molecule has 0 N–H and O–H groups in total. The fourth-order valence-corrected chi connectivity index (χ4v) is 18.0. The molecule has 0 bridgehead atoms. The molecule has 4 aromatic heterocycles. The Morgan fingerprint density at radius 1 is 0.210 bits per heavy atom. The summed E-state index contributed by atoms with van der Waals surface area (Å²) in [5, 5.41) is 0. The molecule has 0 saturated carbocycles. The zero-order valence-corrected chi connectivity index (χ0v) is 65.0. The molecule has 0 fully saturated rings. The van der Waals surface area contributed by atoms with E-state index in [2.05, 4.69) is 113 Å². The third kappa shape index (κ3) is 25.3. The van der Waals surface area contributed by atoms with Crippen LogP contribution in [0, 0.1) is 0 Å². The summed E-state index contributed by atoms with van der Waals surface area (Å²) in [6.07, 6.45) is 51.9. The molecule has 0 radical (unpaired) electrons. The first-order valence-corrected chi connectivity index (χ1v) is 43.2. The SMILES string of the molecule is CCCCCCCCCCCCOc1ccc(-c2ccc(-c3ccc(-c4ccc5c(c4)C(=O)c4ccc(-c6ccc(-c7ccc(-c8ccc(OCCCCCCCCCCCC)c(OCCCCCCCCCCCC)c8)s7)s6)cc4C5=O)s3)s2)cc1OCCCCCCCCCCCC. The van der Waals surface area contributed by atoms with Crippen molar-refractivity contribution in [2.24, 2.45) is 0 Å². The molecule has 10 heteroatoms. The van der Waals surface area contributed by atoms with Gasteiger partial charge in [0.05, 0.1) is 26.4 Å². The van der Waals surface area contributed by atoms with Gasteiger partial charge in [0.25, 0.3) is 0 Å². The standard InChI is InChI=1S/C90H120O6S4/c1-5-9-13-17-21-25-29-33-37-41-61-93-77-51-47-71(67-79(77)95-63-43-39-35-31-27-23-19-15-11-7-3)83-55-59-87(99-83)85-57-53-81(97-85)69-45-49-73-75(65-69)89(91)74-50-46-70(66-76(74)90(73)92)82-54-58-86(98-82)88-60-56-84(100-88)72-48-52-78(94-62-42-38-34-30-26-22-18-14-10-6-2)80(68-72)96-64-44-40-36-32-28-24-20-16-12-8-4/h45-60,65-68H,5-44,61-64H2,1-4H3. The summed E-state index contributed by atoms with van der Waals surface area (Å²) >= 11 is 6.98. The Hall–Kier alpha value is -5.78. The van der Waals surface area contributed by atoms with Crippen LogP contribution in [0.3, 0.4) is 0 Å². The fourth-order valence-electron chi connectivity index (χ4n) is 13.8. The van der Waals surface area contributed by atoms with Crippen LogP contribution in [0.25, 0.3) is 61.3 Å². The summed E-state index contributed by atoms with van der Waals surface area (Å²) < 4.78 is 26.1. The summed E-state index contributed by atoms with van der Waals surface area (Å²) in [5.41, 5.74) is 5.96. The van der Waals surface area contributed by atoms with Gasteiger partial charge in [0.2, 0.25) is 0 Å². The Labute approximate surface area is 619 Å². The van der Waals surface area contributed by atoms with Gasteiger partial charge in [-0.2, -0.15) is 0 Å². The fraction of sp³-hybridized carbons (Fsp3) is 0.533. The lowest BCUT2D eigenvalue weighted by Gasteiger charge is -2.19. The normalized spacial score (nSPS) is 12.0. The molecule has 6 nitrogen and oxygen atoms in total. The molecule has 8 aromatic rings. The number of benzene rings is 4. The van der Waals surface area contributed by atoms with Crippen molar-refractivity contribution in [3.63, 3.8) is 0 Å². The van der Waals surface area contributed by atoms with Gasteiger partial charge in [-0.25, -0.2) is 0 Å². The Morgan fingerprint density at radius 3 is 0.680 bits per heavy atom. The van der Waals surface area contributed by atoms with Crippen molar-refractivity contribution in [1.29, 1.82) is 0 Å². The van der Waals surface area contributed by atoms with Gasteiger partial charge in [0.1, 0.15) is 0 Å². The van der Waals surface area contributed by atoms with Crippen molar-refractivity contribution in [3.8, 4) is 84.3 Å². The number of ketones is 2. The molecule has 0 saturated heterocycles. The average molecular weight is 1430 g/mol. The second-order valence-corrected chi connectivity index (χ2v) is 32.6. The minimum absolute atomic E-state index is 0.112. The number of unbranched alkanes of at least 4 members (excludes halogenated alkanes) is 36. The zero-order valence-electron chi connectivity index (χ0n) is 61.7. The molecular formula is C90H120O6S4. The van der Waals surface area contributed by atoms with Crippen LogP contribution in [0.15, 0.2) is 121 Å². The van der Waals surface area contributed by atoms with Gasteiger partial charge in [-0.3, -0.25) is 9.59 Å². The van der Waals surface area contributed by atoms with Crippen molar-refractivity contribution in [3.05, 3.63) is 144 Å². The molecule has 9 rings (SSSR count). The maximum Gasteiger partial charge on any atom is 0.194 e. The van der Waals surface area contributed by atoms with E-state index in [1.54, 1.807) is 45.3 Å². The number of rotatable bonds is 54. The first-order valence-electron chi connectivity index (χ1n) is 39.9. The summed E-state index contributed by atoms with van der Waals surface area (Å²) in [6.45, 7) is 11.9. The lowest BCUT2D eigenvalue weighted by molar-refractivity contribution is 0.0979. The molecule has 4 aromatic carbocycles. The molecule has 0 unspecified atom stereocenters. The number of carbonyl (C=O) groups excluding carboxylic acids is 2. The van der Waals surface area contributed by atoms with Gasteiger partial charge in [-0.15, -0.1) is 45.3 Å². The maximum absolute atomic E-state index is 14.4. The van der Waals surface area contributed by atoms with E-state index in [1.807, 2.05) is 36.4 Å². The van der Waals surface area contributed by atoms with E-state index in [4.69, 9.17) is 18.9 Å². The van der Waals surface area contributed by atoms with E-state index in [1.165, 1.54) is 251 Å². The second kappa shape index (κ2) is 45.3. The van der Waals surface area contributed by atoms with Gasteiger partial charge < -0.3 is 18.9 Å². The molecule has 540 valence electrons. The van der Waals surface area contributed by atoms with Gasteiger partial charge in [0.15, 0.2) is 34.6 Å². The van der Waals surface area contributed by atoms with E-state index in [9.17, 15) is 9.59 Å². The van der Waals surface area contributed by atoms with Crippen LogP contribution in [0.1, 0.15) is 316 Å². The van der Waals surface area contributed by atoms with Crippen molar-refractivity contribution in [1.82, 2.24) is 0 Å². The van der Waals surface area contributed by atoms with Gasteiger partial charge >= 0.3 is 0 Å². The number of carbonyl (C=O) groups is 2. The summed E-state index contributed by atoms with van der Waals surface area (Å²) in [7, 11) is 0. The Balaban J connectivity index is 0.798. The van der Waals surface area contributed by atoms with Crippen LogP contribution in [0.4, 0.5) is 0 Å². The van der Waals surface area contributed by atoms with Crippen LogP contribution in [-0.4, -0.2) is 38.0 Å². The lowest BCUT2D eigenvalue weighted by Crippen LogP contribution is -2.20. The smallest absolute Gasteiger partial charge is 0.194 e. The molecule has 4 heterocycles. The molecule has 0 aliphatic heterocycles. The van der Waals surface area contributed by atoms with Crippen LogP contribution in [-0.2, 0) is 0 Å². The minimum Gasteiger partial charge on any atom is -0.490 e. The number of hydrogen-bond acceptors (Lipinski definition) is 10. The van der Waals surface area contributed by atoms with Gasteiger partial charge in [-0.1, -0.05) is 271 Å². The number of ether oxygens (including phenoxy) is 4. The highest BCUT2D eigenvalue weighted by Crippen LogP contribution is 2.46. The highest BCUT2D eigenvalue weighted by atomic mass is 32.1. The predicted molar refractivity (Wildman–Crippen MR) is 433 cm³/mol. The van der Waals surface area contributed by atoms with Crippen molar-refractivity contribution >= 4 is 56.9 Å². The molecule has 1 aliphatic rings. The quantitative estimate of drug-likeness (QED) is 0.0354. The minimum atomic E-state index is -0.112. The third-order valence-electron chi connectivity index (χ3n) is 20.0. The van der Waals surface area contributed by atoms with E-state index in [0.29, 0.717) is 48.7 Å².